The number of hydrogen-bond acceptors (Lipinski definition) is 4. The first kappa shape index (κ1) is 15.4. The SMILES string of the molecule is CCCNC(C)(CN1CC(C)OC(C)C1)C(=O)O. The number of rotatable bonds is 6. The zero-order chi connectivity index (χ0) is 13.8. The lowest BCUT2D eigenvalue weighted by molar-refractivity contribution is -0.146. The van der Waals surface area contributed by atoms with Gasteiger partial charge in [0.25, 0.3) is 0 Å². The fourth-order valence-corrected chi connectivity index (χ4v) is 2.46. The van der Waals surface area contributed by atoms with Crippen LogP contribution in [0.4, 0.5) is 0 Å². The summed E-state index contributed by atoms with van der Waals surface area (Å²) in [6.45, 7) is 10.7. The maximum Gasteiger partial charge on any atom is 0.324 e. The van der Waals surface area contributed by atoms with Crippen molar-refractivity contribution in [1.29, 1.82) is 0 Å². The van der Waals surface area contributed by atoms with Crippen LogP contribution in [0.3, 0.4) is 0 Å². The standard InChI is InChI=1S/C13H26N2O3/c1-5-6-14-13(4,12(16)17)9-15-7-10(2)18-11(3)8-15/h10-11,14H,5-9H2,1-4H3,(H,16,17). The van der Waals surface area contributed by atoms with Gasteiger partial charge in [0.05, 0.1) is 12.2 Å². The summed E-state index contributed by atoms with van der Waals surface area (Å²) in [6, 6.07) is 0. The number of nitrogens with zero attached hydrogens (tertiary/aromatic N) is 1. The van der Waals surface area contributed by atoms with Crippen molar-refractivity contribution in [2.24, 2.45) is 0 Å². The third kappa shape index (κ3) is 4.23. The Balaban J connectivity index is 2.62. The van der Waals surface area contributed by atoms with E-state index in [4.69, 9.17) is 4.74 Å². The van der Waals surface area contributed by atoms with Crippen LogP contribution in [0.1, 0.15) is 34.1 Å². The molecule has 0 radical (unpaired) electrons. The molecular formula is C13H26N2O3. The number of carboxylic acids is 1. The highest BCUT2D eigenvalue weighted by Crippen LogP contribution is 2.15. The molecule has 0 aromatic heterocycles. The van der Waals surface area contributed by atoms with E-state index >= 15 is 0 Å². The van der Waals surface area contributed by atoms with Gasteiger partial charge in [0.15, 0.2) is 0 Å². The molecule has 106 valence electrons. The Morgan fingerprint density at radius 1 is 1.44 bits per heavy atom. The Morgan fingerprint density at radius 2 is 2.00 bits per heavy atom. The monoisotopic (exact) mass is 258 g/mol. The molecule has 0 aromatic rings. The number of carboxylic acid groups (broad SMARTS) is 1. The highest BCUT2D eigenvalue weighted by Gasteiger charge is 2.36. The van der Waals surface area contributed by atoms with Gasteiger partial charge in [-0.15, -0.1) is 0 Å². The smallest absolute Gasteiger partial charge is 0.324 e. The Labute approximate surface area is 109 Å². The largest absolute Gasteiger partial charge is 0.480 e. The van der Waals surface area contributed by atoms with E-state index in [2.05, 4.69) is 10.2 Å². The molecule has 1 aliphatic rings. The summed E-state index contributed by atoms with van der Waals surface area (Å²) in [5.41, 5.74) is -0.882. The second kappa shape index (κ2) is 6.50. The van der Waals surface area contributed by atoms with Gasteiger partial charge >= 0.3 is 5.97 Å². The lowest BCUT2D eigenvalue weighted by Crippen LogP contribution is -2.60. The average Bonchev–Trinajstić information content (AvgIpc) is 2.24. The maximum atomic E-state index is 11.4. The van der Waals surface area contributed by atoms with E-state index in [9.17, 15) is 9.90 Å². The molecule has 18 heavy (non-hydrogen) atoms. The molecular weight excluding hydrogens is 232 g/mol. The molecule has 1 rings (SSSR count). The van der Waals surface area contributed by atoms with Crippen LogP contribution in [0.2, 0.25) is 0 Å². The molecule has 5 heteroatoms. The first-order valence-electron chi connectivity index (χ1n) is 6.73. The molecule has 5 nitrogen and oxygen atoms in total. The summed E-state index contributed by atoms with van der Waals surface area (Å²) in [7, 11) is 0. The van der Waals surface area contributed by atoms with Gasteiger partial charge in [-0.25, -0.2) is 0 Å². The molecule has 0 spiro atoms. The van der Waals surface area contributed by atoms with Gasteiger partial charge in [0.2, 0.25) is 0 Å². The molecule has 3 unspecified atom stereocenters. The molecule has 2 N–H and O–H groups in total. The van der Waals surface area contributed by atoms with E-state index < -0.39 is 11.5 Å². The van der Waals surface area contributed by atoms with Crippen molar-refractivity contribution in [3.63, 3.8) is 0 Å². The van der Waals surface area contributed by atoms with Gasteiger partial charge in [-0.05, 0) is 33.7 Å². The van der Waals surface area contributed by atoms with Crippen molar-refractivity contribution in [1.82, 2.24) is 10.2 Å². The third-order valence-corrected chi connectivity index (χ3v) is 3.27. The van der Waals surface area contributed by atoms with Crippen molar-refractivity contribution in [3.8, 4) is 0 Å². The average molecular weight is 258 g/mol. The molecule has 1 heterocycles. The van der Waals surface area contributed by atoms with Crippen LogP contribution in [0, 0.1) is 0 Å². The van der Waals surface area contributed by atoms with E-state index in [-0.39, 0.29) is 12.2 Å². The summed E-state index contributed by atoms with van der Waals surface area (Å²) in [6.07, 6.45) is 1.26. The van der Waals surface area contributed by atoms with Gasteiger partial charge < -0.3 is 15.2 Å². The minimum atomic E-state index is -0.882. The summed E-state index contributed by atoms with van der Waals surface area (Å²) in [5, 5.41) is 12.5. The molecule has 1 aliphatic heterocycles. The lowest BCUT2D eigenvalue weighted by Gasteiger charge is -2.39. The minimum Gasteiger partial charge on any atom is -0.480 e. The van der Waals surface area contributed by atoms with E-state index in [0.717, 1.165) is 26.1 Å². The topological polar surface area (TPSA) is 61.8 Å². The van der Waals surface area contributed by atoms with Crippen LogP contribution in [0.15, 0.2) is 0 Å². The molecule has 0 aliphatic carbocycles. The summed E-state index contributed by atoms with van der Waals surface area (Å²) in [5.74, 6) is -0.789. The van der Waals surface area contributed by atoms with Crippen LogP contribution >= 0.6 is 0 Å². The van der Waals surface area contributed by atoms with E-state index in [0.29, 0.717) is 6.54 Å². The minimum absolute atomic E-state index is 0.165. The third-order valence-electron chi connectivity index (χ3n) is 3.27. The van der Waals surface area contributed by atoms with Crippen molar-refractivity contribution >= 4 is 5.97 Å². The van der Waals surface area contributed by atoms with E-state index in [1.54, 1.807) is 6.92 Å². The Bertz CT molecular complexity index is 275. The first-order chi connectivity index (χ1) is 8.37. The molecule has 0 bridgehead atoms. The second-order valence-electron chi connectivity index (χ2n) is 5.52. The van der Waals surface area contributed by atoms with Crippen molar-refractivity contribution < 1.29 is 14.6 Å². The molecule has 1 fully saturated rings. The predicted octanol–water partition coefficient (Wildman–Crippen LogP) is 0.939. The lowest BCUT2D eigenvalue weighted by atomic mass is 10.0. The molecule has 3 atom stereocenters. The van der Waals surface area contributed by atoms with Gasteiger partial charge in [0.1, 0.15) is 5.54 Å². The number of hydrogen-bond donors (Lipinski definition) is 2. The Kier molecular flexibility index (Phi) is 5.56. The number of carbonyl (C=O) groups is 1. The van der Waals surface area contributed by atoms with E-state index in [1.807, 2.05) is 20.8 Å². The summed E-state index contributed by atoms with van der Waals surface area (Å²) < 4.78 is 5.66. The Hall–Kier alpha value is -0.650. The van der Waals surface area contributed by atoms with Crippen LogP contribution in [-0.4, -0.2) is 59.9 Å². The Morgan fingerprint density at radius 3 is 2.44 bits per heavy atom. The second-order valence-corrected chi connectivity index (χ2v) is 5.52. The van der Waals surface area contributed by atoms with Gasteiger partial charge in [-0.1, -0.05) is 6.92 Å². The fourth-order valence-electron chi connectivity index (χ4n) is 2.46. The molecule has 0 amide bonds. The first-order valence-corrected chi connectivity index (χ1v) is 6.73. The zero-order valence-electron chi connectivity index (χ0n) is 11.9. The highest BCUT2D eigenvalue weighted by molar-refractivity contribution is 5.78. The van der Waals surface area contributed by atoms with Gasteiger partial charge in [0, 0.05) is 19.6 Å². The number of morpholine rings is 1. The van der Waals surface area contributed by atoms with Crippen molar-refractivity contribution in [3.05, 3.63) is 0 Å². The molecule has 0 aromatic carbocycles. The van der Waals surface area contributed by atoms with Crippen molar-refractivity contribution in [2.45, 2.75) is 51.9 Å². The van der Waals surface area contributed by atoms with Gasteiger partial charge in [-0.2, -0.15) is 0 Å². The quantitative estimate of drug-likeness (QED) is 0.742. The number of aliphatic carboxylic acids is 1. The van der Waals surface area contributed by atoms with E-state index in [1.165, 1.54) is 0 Å². The normalized spacial score (nSPS) is 28.9. The van der Waals surface area contributed by atoms with Gasteiger partial charge in [-0.3, -0.25) is 9.69 Å². The maximum absolute atomic E-state index is 11.4. The number of ether oxygens (including phenoxy) is 1. The van der Waals surface area contributed by atoms with Crippen LogP contribution in [-0.2, 0) is 9.53 Å². The summed E-state index contributed by atoms with van der Waals surface area (Å²) >= 11 is 0. The number of nitrogens with one attached hydrogen (secondary N) is 1. The fraction of sp³-hybridized carbons (Fsp3) is 0.923. The highest BCUT2D eigenvalue weighted by atomic mass is 16.5. The predicted molar refractivity (Wildman–Crippen MR) is 70.8 cm³/mol. The van der Waals surface area contributed by atoms with Crippen LogP contribution < -0.4 is 5.32 Å². The van der Waals surface area contributed by atoms with Crippen LogP contribution in [0.5, 0.6) is 0 Å². The van der Waals surface area contributed by atoms with Crippen molar-refractivity contribution in [2.75, 3.05) is 26.2 Å². The zero-order valence-corrected chi connectivity index (χ0v) is 11.9. The summed E-state index contributed by atoms with van der Waals surface area (Å²) in [4.78, 5) is 13.6. The molecule has 1 saturated heterocycles. The molecule has 0 saturated carbocycles. The van der Waals surface area contributed by atoms with Crippen LogP contribution in [0.25, 0.3) is 0 Å².